The Morgan fingerprint density at radius 3 is 2.85 bits per heavy atom. The minimum Gasteiger partial charge on any atom is -0.334 e. The zero-order valence-electron chi connectivity index (χ0n) is 12.2. The summed E-state index contributed by atoms with van der Waals surface area (Å²) in [6, 6.07) is 0.148. The topological polar surface area (TPSA) is 75.6 Å². The second kappa shape index (κ2) is 6.36. The molecule has 0 aliphatic rings. The summed E-state index contributed by atoms with van der Waals surface area (Å²) in [5.74, 6) is 0.00440. The van der Waals surface area contributed by atoms with Gasteiger partial charge in [0, 0.05) is 24.9 Å². The number of aromatic amines is 1. The van der Waals surface area contributed by atoms with Crippen molar-refractivity contribution in [2.75, 3.05) is 5.32 Å². The summed E-state index contributed by atoms with van der Waals surface area (Å²) < 4.78 is 2.00. The lowest BCUT2D eigenvalue weighted by molar-refractivity contribution is -0.117. The van der Waals surface area contributed by atoms with Crippen LogP contribution < -0.4 is 5.32 Å². The smallest absolute Gasteiger partial charge is 0.226 e. The molecule has 6 nitrogen and oxygen atoms in total. The summed E-state index contributed by atoms with van der Waals surface area (Å²) in [7, 11) is 0. The number of amides is 1. The molecule has 1 amide bonds. The molecule has 0 aromatic carbocycles. The highest BCUT2D eigenvalue weighted by atomic mass is 16.1. The van der Waals surface area contributed by atoms with Gasteiger partial charge in [0.1, 0.15) is 0 Å². The zero-order chi connectivity index (χ0) is 14.5. The highest BCUT2D eigenvalue weighted by molar-refractivity contribution is 5.92. The van der Waals surface area contributed by atoms with Gasteiger partial charge in [-0.05, 0) is 20.3 Å². The molecule has 108 valence electrons. The molecule has 0 saturated heterocycles. The normalized spacial score (nSPS) is 12.3. The van der Waals surface area contributed by atoms with Crippen molar-refractivity contribution in [1.82, 2.24) is 19.7 Å². The fraction of sp³-hybridized carbons (Fsp3) is 0.500. The molecule has 2 aromatic heterocycles. The fourth-order valence-corrected chi connectivity index (χ4v) is 2.31. The first-order valence-electron chi connectivity index (χ1n) is 6.90. The van der Waals surface area contributed by atoms with E-state index < -0.39 is 0 Å². The number of nitrogens with one attached hydrogen (secondary N) is 2. The molecule has 0 aliphatic heterocycles. The minimum absolute atomic E-state index is 0.00440. The molecule has 0 fully saturated rings. The molecule has 0 bridgehead atoms. The predicted molar refractivity (Wildman–Crippen MR) is 77.5 cm³/mol. The van der Waals surface area contributed by atoms with Crippen molar-refractivity contribution in [3.63, 3.8) is 0 Å². The quantitative estimate of drug-likeness (QED) is 0.850. The van der Waals surface area contributed by atoms with Crippen LogP contribution in [0.2, 0.25) is 0 Å². The van der Waals surface area contributed by atoms with E-state index in [1.807, 2.05) is 24.6 Å². The van der Waals surface area contributed by atoms with Crippen molar-refractivity contribution < 1.29 is 4.79 Å². The van der Waals surface area contributed by atoms with Gasteiger partial charge in [-0.25, -0.2) is 4.98 Å². The van der Waals surface area contributed by atoms with E-state index in [9.17, 15) is 4.79 Å². The van der Waals surface area contributed by atoms with Crippen molar-refractivity contribution in [1.29, 1.82) is 0 Å². The molecule has 1 atom stereocenters. The molecule has 2 aromatic rings. The van der Waals surface area contributed by atoms with Crippen molar-refractivity contribution in [3.05, 3.63) is 30.1 Å². The number of hydrogen-bond donors (Lipinski definition) is 2. The molecule has 6 heteroatoms. The van der Waals surface area contributed by atoms with Gasteiger partial charge in [0.15, 0.2) is 0 Å². The lowest BCUT2D eigenvalue weighted by Crippen LogP contribution is -2.19. The highest BCUT2D eigenvalue weighted by Gasteiger charge is 2.16. The van der Waals surface area contributed by atoms with E-state index in [1.165, 1.54) is 0 Å². The third kappa shape index (κ3) is 3.26. The maximum atomic E-state index is 12.2. The SMILES string of the molecule is CCCC(CC(=O)Nc1c(C)n[nH]c1C)n1ccnc1. The van der Waals surface area contributed by atoms with E-state index in [0.717, 1.165) is 29.9 Å². The lowest BCUT2D eigenvalue weighted by atomic mass is 10.1. The number of anilines is 1. The van der Waals surface area contributed by atoms with Gasteiger partial charge < -0.3 is 9.88 Å². The second-order valence-electron chi connectivity index (χ2n) is 5.01. The van der Waals surface area contributed by atoms with Crippen LogP contribution in [0.1, 0.15) is 43.6 Å². The van der Waals surface area contributed by atoms with Crippen LogP contribution in [0, 0.1) is 13.8 Å². The number of imidazole rings is 1. The summed E-state index contributed by atoms with van der Waals surface area (Å²) >= 11 is 0. The highest BCUT2D eigenvalue weighted by Crippen LogP contribution is 2.21. The Labute approximate surface area is 118 Å². The van der Waals surface area contributed by atoms with Crippen LogP contribution in [-0.2, 0) is 4.79 Å². The van der Waals surface area contributed by atoms with Crippen LogP contribution in [0.3, 0.4) is 0 Å². The number of rotatable bonds is 6. The molecule has 2 rings (SSSR count). The molecule has 0 saturated carbocycles. The number of nitrogens with zero attached hydrogens (tertiary/aromatic N) is 3. The van der Waals surface area contributed by atoms with E-state index in [-0.39, 0.29) is 11.9 Å². The van der Waals surface area contributed by atoms with E-state index in [0.29, 0.717) is 6.42 Å². The third-order valence-corrected chi connectivity index (χ3v) is 3.38. The number of hydrogen-bond acceptors (Lipinski definition) is 3. The van der Waals surface area contributed by atoms with E-state index in [4.69, 9.17) is 0 Å². The van der Waals surface area contributed by atoms with Crippen molar-refractivity contribution in [2.45, 2.75) is 46.1 Å². The summed E-state index contributed by atoms with van der Waals surface area (Å²) in [5, 5.41) is 9.89. The third-order valence-electron chi connectivity index (χ3n) is 3.38. The van der Waals surface area contributed by atoms with Gasteiger partial charge in [-0.3, -0.25) is 9.89 Å². The summed E-state index contributed by atoms with van der Waals surface area (Å²) in [4.78, 5) is 16.3. The molecule has 20 heavy (non-hydrogen) atoms. The molecule has 2 heterocycles. The molecule has 0 aliphatic carbocycles. The Morgan fingerprint density at radius 2 is 2.30 bits per heavy atom. The Kier molecular flexibility index (Phi) is 4.55. The molecular weight excluding hydrogens is 254 g/mol. The van der Waals surface area contributed by atoms with Crippen LogP contribution in [0.5, 0.6) is 0 Å². The molecule has 2 N–H and O–H groups in total. The maximum Gasteiger partial charge on any atom is 0.226 e. The van der Waals surface area contributed by atoms with Crippen LogP contribution in [-0.4, -0.2) is 25.7 Å². The molecule has 1 unspecified atom stereocenters. The first-order valence-corrected chi connectivity index (χ1v) is 6.90. The van der Waals surface area contributed by atoms with Gasteiger partial charge in [0.2, 0.25) is 5.91 Å². The standard InChI is InChI=1S/C14H21N5O/c1-4-5-12(19-7-6-15-9-19)8-13(20)16-14-10(2)17-18-11(14)3/h6-7,9,12H,4-5,8H2,1-3H3,(H,16,20)(H,17,18). The second-order valence-corrected chi connectivity index (χ2v) is 5.01. The Bertz CT molecular complexity index is 539. The van der Waals surface area contributed by atoms with E-state index in [1.54, 1.807) is 12.5 Å². The summed E-state index contributed by atoms with van der Waals surface area (Å²) in [6.45, 7) is 5.89. The summed E-state index contributed by atoms with van der Waals surface area (Å²) in [6.07, 6.45) is 7.83. The van der Waals surface area contributed by atoms with Gasteiger partial charge in [-0.15, -0.1) is 0 Å². The van der Waals surface area contributed by atoms with Crippen molar-refractivity contribution >= 4 is 11.6 Å². The fourth-order valence-electron chi connectivity index (χ4n) is 2.31. The van der Waals surface area contributed by atoms with Gasteiger partial charge in [0.05, 0.1) is 23.4 Å². The van der Waals surface area contributed by atoms with Crippen molar-refractivity contribution in [2.24, 2.45) is 0 Å². The summed E-state index contributed by atoms with van der Waals surface area (Å²) in [5.41, 5.74) is 2.48. The van der Waals surface area contributed by atoms with Gasteiger partial charge >= 0.3 is 0 Å². The first-order chi connectivity index (χ1) is 9.61. The minimum atomic E-state index is 0.00440. The Hall–Kier alpha value is -2.11. The van der Waals surface area contributed by atoms with E-state index >= 15 is 0 Å². The van der Waals surface area contributed by atoms with Crippen LogP contribution >= 0.6 is 0 Å². The van der Waals surface area contributed by atoms with E-state index in [2.05, 4.69) is 27.4 Å². The van der Waals surface area contributed by atoms with Crippen LogP contribution in [0.4, 0.5) is 5.69 Å². The zero-order valence-corrected chi connectivity index (χ0v) is 12.2. The Morgan fingerprint density at radius 1 is 1.50 bits per heavy atom. The number of carbonyl (C=O) groups excluding carboxylic acids is 1. The number of aryl methyl sites for hydroxylation is 2. The van der Waals surface area contributed by atoms with Crippen LogP contribution in [0.15, 0.2) is 18.7 Å². The average Bonchev–Trinajstić information content (AvgIpc) is 3.04. The van der Waals surface area contributed by atoms with Gasteiger partial charge in [-0.2, -0.15) is 5.10 Å². The molecular formula is C14H21N5O. The van der Waals surface area contributed by atoms with Crippen LogP contribution in [0.25, 0.3) is 0 Å². The molecule has 0 spiro atoms. The number of H-pyrrole nitrogens is 1. The van der Waals surface area contributed by atoms with Crippen molar-refractivity contribution in [3.8, 4) is 0 Å². The van der Waals surface area contributed by atoms with Gasteiger partial charge in [0.25, 0.3) is 0 Å². The number of carbonyl (C=O) groups is 1. The van der Waals surface area contributed by atoms with Gasteiger partial charge in [-0.1, -0.05) is 13.3 Å². The largest absolute Gasteiger partial charge is 0.334 e. The number of aromatic nitrogens is 4. The maximum absolute atomic E-state index is 12.2. The Balaban J connectivity index is 2.02. The predicted octanol–water partition coefficient (Wildman–Crippen LogP) is 2.59. The first kappa shape index (κ1) is 14.3. The molecule has 0 radical (unpaired) electrons. The lowest BCUT2D eigenvalue weighted by Gasteiger charge is -2.17. The monoisotopic (exact) mass is 275 g/mol. The average molecular weight is 275 g/mol.